The first kappa shape index (κ1) is 13.5. The molecule has 0 aliphatic rings. The van der Waals surface area contributed by atoms with E-state index in [4.69, 9.17) is 0 Å². The van der Waals surface area contributed by atoms with Gasteiger partial charge in [-0.2, -0.15) is 0 Å². The molecule has 0 aliphatic carbocycles. The highest BCUT2D eigenvalue weighted by atomic mass is 14.0. The van der Waals surface area contributed by atoms with Gasteiger partial charge >= 0.3 is 0 Å². The topological polar surface area (TPSA) is 0 Å². The van der Waals surface area contributed by atoms with Crippen LogP contribution in [0.1, 0.15) is 30.9 Å². The lowest BCUT2D eigenvalue weighted by Gasteiger charge is -2.03. The average molecular weight is 230 g/mol. The minimum atomic E-state index is 0.552. The third-order valence-electron chi connectivity index (χ3n) is 2.25. The van der Waals surface area contributed by atoms with Gasteiger partial charge in [0.25, 0.3) is 0 Å². The second kappa shape index (κ2) is 7.65. The maximum atomic E-state index is 3.35. The molecule has 0 amide bonds. The van der Waals surface area contributed by atoms with Crippen LogP contribution in [0.3, 0.4) is 0 Å². The van der Waals surface area contributed by atoms with Crippen LogP contribution in [0.15, 0.2) is 71.0 Å². The highest BCUT2D eigenvalue weighted by Crippen LogP contribution is 2.14. The van der Waals surface area contributed by atoms with Gasteiger partial charge in [0.2, 0.25) is 0 Å². The number of benzene rings is 1. The minimum absolute atomic E-state index is 0.552. The molecule has 1 rings (SSSR count). The molecule has 0 heteroatoms. The fourth-order valence-corrected chi connectivity index (χ4v) is 1.27. The molecule has 86 valence electrons. The van der Waals surface area contributed by atoms with E-state index in [1.807, 2.05) is 6.08 Å². The van der Waals surface area contributed by atoms with E-state index in [1.54, 1.807) is 0 Å². The third kappa shape index (κ3) is 4.96. The lowest BCUT2D eigenvalue weighted by molar-refractivity contribution is 0.866. The van der Waals surface area contributed by atoms with Crippen LogP contribution < -0.4 is 0 Å². The molecule has 18 heavy (non-hydrogen) atoms. The normalized spacial score (nSPS) is 7.72. The highest BCUT2D eigenvalue weighted by molar-refractivity contribution is 5.49. The van der Waals surface area contributed by atoms with Gasteiger partial charge in [-0.25, -0.2) is 0 Å². The van der Waals surface area contributed by atoms with Crippen molar-refractivity contribution >= 4 is 6.08 Å². The highest BCUT2D eigenvalue weighted by Gasteiger charge is 1.96. The molecule has 0 nitrogen and oxygen atoms in total. The van der Waals surface area contributed by atoms with E-state index in [9.17, 15) is 0 Å². The molecular weight excluding hydrogens is 216 g/mol. The van der Waals surface area contributed by atoms with Crippen LogP contribution in [-0.2, 0) is 0 Å². The zero-order chi connectivity index (χ0) is 13.2. The molecule has 1 aromatic carbocycles. The summed E-state index contributed by atoms with van der Waals surface area (Å²) in [4.78, 5) is 0. The van der Waals surface area contributed by atoms with E-state index >= 15 is 0 Å². The van der Waals surface area contributed by atoms with Crippen LogP contribution in [0.25, 0.3) is 6.08 Å². The summed E-state index contributed by atoms with van der Waals surface area (Å²) in [6.07, 6.45) is 1.84. The molecule has 0 atom stereocenters. The van der Waals surface area contributed by atoms with Crippen molar-refractivity contribution in [3.63, 3.8) is 0 Å². The maximum absolute atomic E-state index is 3.35. The number of hydrogen-bond donors (Lipinski definition) is 0. The number of rotatable bonds is 2. The lowest BCUT2D eigenvalue weighted by Crippen LogP contribution is -1.85. The zero-order valence-electron chi connectivity index (χ0n) is 10.7. The largest absolute Gasteiger partial charge is 0.0687 e. The standard InChI is InChI=1S/C18H14/c1-4-5-6-7-8-9-10-11-17-12-14-18(15-13-17)16(2)3/h11-16H,1H2,2-3H3. The molecule has 0 heterocycles. The van der Waals surface area contributed by atoms with Crippen molar-refractivity contribution in [2.75, 3.05) is 0 Å². The average Bonchev–Trinajstić information content (AvgIpc) is 2.38. The molecule has 0 aliphatic heterocycles. The number of hydrogen-bond acceptors (Lipinski definition) is 0. The molecule has 1 aromatic rings. The van der Waals surface area contributed by atoms with Crippen molar-refractivity contribution in [2.45, 2.75) is 19.8 Å². The second-order valence-electron chi connectivity index (χ2n) is 3.91. The van der Waals surface area contributed by atoms with Crippen LogP contribution in [0.4, 0.5) is 0 Å². The van der Waals surface area contributed by atoms with Gasteiger partial charge in [-0.05, 0) is 58.4 Å². The van der Waals surface area contributed by atoms with E-state index in [0.717, 1.165) is 5.56 Å². The van der Waals surface area contributed by atoms with E-state index < -0.39 is 0 Å². The SMILES string of the molecule is C=C=C=C=C=C=C=C=Cc1ccc(C(C)C)cc1. The van der Waals surface area contributed by atoms with Gasteiger partial charge < -0.3 is 0 Å². The molecule has 0 fully saturated rings. The Labute approximate surface area is 108 Å². The molecule has 0 N–H and O–H groups in total. The van der Waals surface area contributed by atoms with Crippen LogP contribution >= 0.6 is 0 Å². The van der Waals surface area contributed by atoms with Gasteiger partial charge in [0.15, 0.2) is 0 Å². The van der Waals surface area contributed by atoms with Gasteiger partial charge in [0.05, 0.1) is 0 Å². The Morgan fingerprint density at radius 3 is 2.17 bits per heavy atom. The fourth-order valence-electron chi connectivity index (χ4n) is 1.27. The zero-order valence-corrected chi connectivity index (χ0v) is 10.7. The monoisotopic (exact) mass is 230 g/mol. The molecule has 0 saturated heterocycles. The summed E-state index contributed by atoms with van der Waals surface area (Å²) in [5.41, 5.74) is 20.7. The Hall–Kier alpha value is -2.58. The van der Waals surface area contributed by atoms with Gasteiger partial charge in [0.1, 0.15) is 0 Å². The van der Waals surface area contributed by atoms with Crippen LogP contribution in [0, 0.1) is 0 Å². The molecular formula is C18H14. The Balaban J connectivity index is 2.99. The molecule has 0 spiro atoms. The van der Waals surface area contributed by atoms with Crippen molar-refractivity contribution in [1.29, 1.82) is 0 Å². The van der Waals surface area contributed by atoms with Crippen molar-refractivity contribution in [3.8, 4) is 0 Å². The maximum Gasteiger partial charge on any atom is -0.0000445 e. The second-order valence-corrected chi connectivity index (χ2v) is 3.91. The van der Waals surface area contributed by atoms with Crippen LogP contribution in [-0.4, -0.2) is 0 Å². The van der Waals surface area contributed by atoms with Crippen molar-refractivity contribution in [3.05, 3.63) is 82.1 Å². The predicted molar refractivity (Wildman–Crippen MR) is 75.2 cm³/mol. The van der Waals surface area contributed by atoms with Crippen molar-refractivity contribution in [2.24, 2.45) is 0 Å². The van der Waals surface area contributed by atoms with Gasteiger partial charge in [0, 0.05) is 0 Å². The quantitative estimate of drug-likeness (QED) is 0.654. The molecule has 0 radical (unpaired) electrons. The van der Waals surface area contributed by atoms with Crippen LogP contribution in [0.5, 0.6) is 0 Å². The third-order valence-corrected chi connectivity index (χ3v) is 2.25. The van der Waals surface area contributed by atoms with Crippen molar-refractivity contribution < 1.29 is 0 Å². The van der Waals surface area contributed by atoms with E-state index in [2.05, 4.69) is 84.8 Å². The summed E-state index contributed by atoms with van der Waals surface area (Å²) in [7, 11) is 0. The Kier molecular flexibility index (Phi) is 5.73. The van der Waals surface area contributed by atoms with Gasteiger partial charge in [-0.1, -0.05) is 49.6 Å². The van der Waals surface area contributed by atoms with E-state index in [0.29, 0.717) is 5.92 Å². The molecule has 0 aromatic heterocycles. The summed E-state index contributed by atoms with van der Waals surface area (Å²) in [5, 5.41) is 0. The van der Waals surface area contributed by atoms with Gasteiger partial charge in [-0.15, -0.1) is 0 Å². The Bertz CT molecular complexity index is 656. The van der Waals surface area contributed by atoms with Crippen molar-refractivity contribution in [1.82, 2.24) is 0 Å². The van der Waals surface area contributed by atoms with E-state index in [-0.39, 0.29) is 0 Å². The smallest absolute Gasteiger partial charge is 0.0000445 e. The summed E-state index contributed by atoms with van der Waals surface area (Å²) >= 11 is 0. The first-order valence-corrected chi connectivity index (χ1v) is 5.70. The molecule has 0 unspecified atom stereocenters. The first-order valence-electron chi connectivity index (χ1n) is 5.70. The lowest BCUT2D eigenvalue weighted by atomic mass is 10.0. The predicted octanol–water partition coefficient (Wildman–Crippen LogP) is 4.54. The summed E-state index contributed by atoms with van der Waals surface area (Å²) in [6, 6.07) is 8.36. The van der Waals surface area contributed by atoms with Gasteiger partial charge in [-0.3, -0.25) is 0 Å². The molecule has 0 bridgehead atoms. The van der Waals surface area contributed by atoms with Crippen LogP contribution in [0.2, 0.25) is 0 Å². The Morgan fingerprint density at radius 1 is 0.944 bits per heavy atom. The summed E-state index contributed by atoms with van der Waals surface area (Å²) < 4.78 is 0. The Morgan fingerprint density at radius 2 is 1.56 bits per heavy atom. The summed E-state index contributed by atoms with van der Waals surface area (Å²) in [5.74, 6) is 0.552. The summed E-state index contributed by atoms with van der Waals surface area (Å²) in [6.45, 7) is 7.70. The fraction of sp³-hybridized carbons (Fsp3) is 0.167. The minimum Gasteiger partial charge on any atom is -0.0687 e. The van der Waals surface area contributed by atoms with E-state index in [1.165, 1.54) is 5.56 Å². The first-order chi connectivity index (χ1) is 8.74. The molecule has 0 saturated carbocycles.